The SMILES string of the molecule is C1=C(c2ccccc2)[NH2+]C(c2ccccc2)N=C1n1c2ccccc2c2c3c4ccccc4ccc3c3ccccc3c21. The highest BCUT2D eigenvalue weighted by molar-refractivity contribution is 6.38. The number of hydrogen-bond acceptors (Lipinski definition) is 1. The van der Waals surface area contributed by atoms with Gasteiger partial charge in [0.2, 0.25) is 6.17 Å². The van der Waals surface area contributed by atoms with Crippen molar-refractivity contribution >= 4 is 65.7 Å². The zero-order chi connectivity index (χ0) is 28.3. The van der Waals surface area contributed by atoms with Gasteiger partial charge in [-0.25, -0.2) is 4.99 Å². The number of aliphatic imine (C=N–C) groups is 1. The summed E-state index contributed by atoms with van der Waals surface area (Å²) in [5, 5.41) is 12.4. The number of nitrogens with zero attached hydrogens (tertiary/aromatic N) is 2. The maximum absolute atomic E-state index is 5.47. The first kappa shape index (κ1) is 24.1. The quantitative estimate of drug-likeness (QED) is 0.209. The summed E-state index contributed by atoms with van der Waals surface area (Å²) >= 11 is 0. The number of hydrogen-bond donors (Lipinski definition) is 1. The van der Waals surface area contributed by atoms with Crippen LogP contribution in [-0.2, 0) is 0 Å². The van der Waals surface area contributed by atoms with Crippen LogP contribution >= 0.6 is 0 Å². The molecule has 202 valence electrons. The van der Waals surface area contributed by atoms with Gasteiger partial charge in [-0.05, 0) is 39.7 Å². The molecule has 0 aliphatic carbocycles. The van der Waals surface area contributed by atoms with Gasteiger partial charge in [0, 0.05) is 38.7 Å². The largest absolute Gasteiger partial charge is 0.293 e. The Bertz CT molecular complexity index is 2410. The lowest BCUT2D eigenvalue weighted by Gasteiger charge is -2.21. The van der Waals surface area contributed by atoms with Crippen molar-refractivity contribution < 1.29 is 5.32 Å². The number of quaternary nitrogens is 1. The lowest BCUT2D eigenvalue weighted by molar-refractivity contribution is -0.609. The molecule has 3 heteroatoms. The van der Waals surface area contributed by atoms with E-state index in [0.717, 1.165) is 5.84 Å². The van der Waals surface area contributed by atoms with E-state index in [1.54, 1.807) is 0 Å². The highest BCUT2D eigenvalue weighted by Gasteiger charge is 2.27. The minimum absolute atomic E-state index is 0.0971. The van der Waals surface area contributed by atoms with Gasteiger partial charge < -0.3 is 0 Å². The first-order valence-corrected chi connectivity index (χ1v) is 14.9. The van der Waals surface area contributed by atoms with Crippen molar-refractivity contribution in [2.75, 3.05) is 0 Å². The van der Waals surface area contributed by atoms with Crippen molar-refractivity contribution in [3.05, 3.63) is 163 Å². The summed E-state index contributed by atoms with van der Waals surface area (Å²) in [7, 11) is 0. The van der Waals surface area contributed by atoms with E-state index in [9.17, 15) is 0 Å². The van der Waals surface area contributed by atoms with Crippen molar-refractivity contribution in [1.29, 1.82) is 0 Å². The number of rotatable bonds is 2. The molecule has 3 nitrogen and oxygen atoms in total. The van der Waals surface area contributed by atoms with Crippen LogP contribution < -0.4 is 5.32 Å². The monoisotopic (exact) mass is 550 g/mol. The average molecular weight is 551 g/mol. The molecule has 8 aromatic rings. The van der Waals surface area contributed by atoms with Crippen LogP contribution in [0.15, 0.2) is 157 Å². The van der Waals surface area contributed by atoms with E-state index >= 15 is 0 Å². The molecule has 1 atom stereocenters. The molecule has 0 radical (unpaired) electrons. The molecule has 9 rings (SSSR count). The molecule has 0 fully saturated rings. The van der Waals surface area contributed by atoms with Crippen LogP contribution in [0.1, 0.15) is 17.3 Å². The van der Waals surface area contributed by atoms with Gasteiger partial charge in [-0.1, -0.05) is 127 Å². The van der Waals surface area contributed by atoms with Gasteiger partial charge >= 0.3 is 0 Å². The number of fused-ring (bicyclic) bond motifs is 10. The molecule has 0 bridgehead atoms. The summed E-state index contributed by atoms with van der Waals surface area (Å²) in [4.78, 5) is 5.47. The van der Waals surface area contributed by atoms with E-state index in [1.807, 2.05) is 0 Å². The molecule has 0 amide bonds. The summed E-state index contributed by atoms with van der Waals surface area (Å²) in [6.45, 7) is 0. The lowest BCUT2D eigenvalue weighted by Crippen LogP contribution is -2.83. The third kappa shape index (κ3) is 3.69. The Kier molecular flexibility index (Phi) is 5.34. The number of aromatic nitrogens is 1. The third-order valence-corrected chi connectivity index (χ3v) is 8.90. The van der Waals surface area contributed by atoms with Crippen molar-refractivity contribution in [3.63, 3.8) is 0 Å². The molecule has 0 saturated carbocycles. The fraction of sp³-hybridized carbons (Fsp3) is 0.0250. The van der Waals surface area contributed by atoms with E-state index in [0.29, 0.717) is 0 Å². The summed E-state index contributed by atoms with van der Waals surface area (Å²) in [6, 6.07) is 52.3. The molecular weight excluding hydrogens is 522 g/mol. The Morgan fingerprint density at radius 2 is 1.16 bits per heavy atom. The summed E-state index contributed by atoms with van der Waals surface area (Å²) in [5.74, 6) is 0.950. The minimum Gasteiger partial charge on any atom is -0.293 e. The second-order valence-corrected chi connectivity index (χ2v) is 11.3. The molecule has 1 aliphatic rings. The van der Waals surface area contributed by atoms with Gasteiger partial charge in [0.1, 0.15) is 11.5 Å². The normalized spacial score (nSPS) is 15.4. The zero-order valence-electron chi connectivity index (χ0n) is 23.5. The van der Waals surface area contributed by atoms with E-state index in [4.69, 9.17) is 4.99 Å². The zero-order valence-corrected chi connectivity index (χ0v) is 23.5. The van der Waals surface area contributed by atoms with Gasteiger partial charge in [0.15, 0.2) is 0 Å². The Morgan fingerprint density at radius 1 is 0.512 bits per heavy atom. The topological polar surface area (TPSA) is 33.9 Å². The fourth-order valence-electron chi connectivity index (χ4n) is 7.00. The fourth-order valence-corrected chi connectivity index (χ4v) is 7.00. The van der Waals surface area contributed by atoms with E-state index < -0.39 is 0 Å². The minimum atomic E-state index is -0.0971. The van der Waals surface area contributed by atoms with Crippen molar-refractivity contribution in [2.45, 2.75) is 6.17 Å². The van der Waals surface area contributed by atoms with Gasteiger partial charge in [-0.3, -0.25) is 9.88 Å². The first-order valence-electron chi connectivity index (χ1n) is 14.9. The summed E-state index contributed by atoms with van der Waals surface area (Å²) in [5.41, 5.74) is 5.93. The van der Waals surface area contributed by atoms with Crippen LogP contribution in [0.5, 0.6) is 0 Å². The Morgan fingerprint density at radius 3 is 1.98 bits per heavy atom. The standard InChI is InChI=1S/C40H27N3/c1-3-14-27(15-4-1)34-25-36(42-40(41-34)28-16-5-2-6-17-28)43-35-22-12-11-21-33(35)38-37-29-18-8-7-13-26(29)23-24-31(37)30-19-9-10-20-32(30)39(38)43/h1-25,40-41H/p+1. The number of benzene rings is 7. The molecule has 2 heterocycles. The molecule has 2 N–H and O–H groups in total. The van der Waals surface area contributed by atoms with Gasteiger partial charge in [-0.15, -0.1) is 0 Å². The molecule has 7 aromatic carbocycles. The van der Waals surface area contributed by atoms with E-state index in [-0.39, 0.29) is 6.17 Å². The molecular formula is C40H28N3+. The van der Waals surface area contributed by atoms with Crippen LogP contribution in [0.25, 0.3) is 59.8 Å². The maximum Gasteiger partial charge on any atom is 0.212 e. The summed E-state index contributed by atoms with van der Waals surface area (Å²) < 4.78 is 2.42. The van der Waals surface area contributed by atoms with Crippen molar-refractivity contribution in [2.24, 2.45) is 4.99 Å². The number of allylic oxidation sites excluding steroid dienone is 1. The van der Waals surface area contributed by atoms with Crippen LogP contribution in [0, 0.1) is 0 Å². The Hall–Kier alpha value is -5.51. The Balaban J connectivity index is 1.47. The first-order chi connectivity index (χ1) is 21.3. The predicted molar refractivity (Wildman–Crippen MR) is 180 cm³/mol. The molecule has 0 saturated heterocycles. The lowest BCUT2D eigenvalue weighted by atomic mass is 9.93. The van der Waals surface area contributed by atoms with Crippen molar-refractivity contribution in [3.8, 4) is 0 Å². The average Bonchev–Trinajstić information content (AvgIpc) is 3.44. The number of para-hydroxylation sites is 1. The van der Waals surface area contributed by atoms with Crippen LogP contribution in [0.2, 0.25) is 0 Å². The van der Waals surface area contributed by atoms with Crippen LogP contribution in [0.4, 0.5) is 0 Å². The molecule has 1 unspecified atom stereocenters. The molecule has 0 spiro atoms. The van der Waals surface area contributed by atoms with Crippen molar-refractivity contribution in [1.82, 2.24) is 4.57 Å². The summed E-state index contributed by atoms with van der Waals surface area (Å²) in [6.07, 6.45) is 2.17. The maximum atomic E-state index is 5.47. The number of nitrogens with two attached hydrogens (primary N) is 1. The third-order valence-electron chi connectivity index (χ3n) is 8.90. The molecule has 43 heavy (non-hydrogen) atoms. The molecule has 1 aromatic heterocycles. The van der Waals surface area contributed by atoms with Crippen LogP contribution in [0.3, 0.4) is 0 Å². The highest BCUT2D eigenvalue weighted by atomic mass is 15.2. The second-order valence-electron chi connectivity index (χ2n) is 11.3. The van der Waals surface area contributed by atoms with Gasteiger partial charge in [0.05, 0.1) is 11.0 Å². The van der Waals surface area contributed by atoms with Gasteiger partial charge in [-0.2, -0.15) is 0 Å². The highest BCUT2D eigenvalue weighted by Crippen LogP contribution is 2.43. The molecule has 1 aliphatic heterocycles. The van der Waals surface area contributed by atoms with Gasteiger partial charge in [0.25, 0.3) is 0 Å². The second kappa shape index (κ2) is 9.52. The van der Waals surface area contributed by atoms with E-state index in [1.165, 1.54) is 70.9 Å². The van der Waals surface area contributed by atoms with E-state index in [2.05, 4.69) is 162 Å². The Labute approximate surface area is 249 Å². The predicted octanol–water partition coefficient (Wildman–Crippen LogP) is 8.82. The smallest absolute Gasteiger partial charge is 0.212 e. The van der Waals surface area contributed by atoms with Crippen LogP contribution in [-0.4, -0.2) is 10.4 Å².